The van der Waals surface area contributed by atoms with Crippen molar-refractivity contribution >= 4 is 46.0 Å². The first-order chi connectivity index (χ1) is 17.9. The Balaban J connectivity index is 1.17. The molecule has 2 aliphatic heterocycles. The second kappa shape index (κ2) is 10.6. The fourth-order valence-electron chi connectivity index (χ4n) is 4.84. The molecule has 0 saturated carbocycles. The number of nitrogens with zero attached hydrogens (tertiary/aromatic N) is 3. The van der Waals surface area contributed by atoms with E-state index in [0.29, 0.717) is 39.1 Å². The first-order valence-electron chi connectivity index (χ1n) is 12.3. The number of anilines is 1. The lowest BCUT2D eigenvalue weighted by Gasteiger charge is -2.37. The van der Waals surface area contributed by atoms with E-state index in [-0.39, 0.29) is 45.5 Å². The van der Waals surface area contributed by atoms with E-state index in [9.17, 15) is 19.2 Å². The summed E-state index contributed by atoms with van der Waals surface area (Å²) in [6, 6.07) is 13.9. The summed E-state index contributed by atoms with van der Waals surface area (Å²) in [4.78, 5) is 55.6. The van der Waals surface area contributed by atoms with Crippen molar-refractivity contribution in [2.45, 2.75) is 19.4 Å². The summed E-state index contributed by atoms with van der Waals surface area (Å²) in [6.07, 6.45) is 1.51. The summed E-state index contributed by atoms with van der Waals surface area (Å²) in [6.45, 7) is 3.47. The average Bonchev–Trinajstić information content (AvgIpc) is 3.32. The van der Waals surface area contributed by atoms with Crippen molar-refractivity contribution in [1.82, 2.24) is 15.1 Å². The molecule has 192 valence electrons. The topological polar surface area (TPSA) is 103 Å². The minimum atomic E-state index is -0.656. The zero-order valence-electron chi connectivity index (χ0n) is 20.2. The molecule has 2 fully saturated rings. The second-order valence-corrected chi connectivity index (χ2v) is 9.60. The lowest BCUT2D eigenvalue weighted by molar-refractivity contribution is -0.130. The van der Waals surface area contributed by atoms with Gasteiger partial charge in [-0.25, -0.2) is 0 Å². The number of rotatable bonds is 6. The molecule has 0 bridgehead atoms. The lowest BCUT2D eigenvalue weighted by Crippen LogP contribution is -2.51. The van der Waals surface area contributed by atoms with Gasteiger partial charge < -0.3 is 24.4 Å². The summed E-state index contributed by atoms with van der Waals surface area (Å²) >= 11 is 6.10. The van der Waals surface area contributed by atoms with Crippen molar-refractivity contribution < 1.29 is 18.8 Å². The maximum atomic E-state index is 12.8. The van der Waals surface area contributed by atoms with Gasteiger partial charge in [0.05, 0.1) is 17.0 Å². The van der Waals surface area contributed by atoms with E-state index in [1.54, 1.807) is 23.1 Å². The first kappa shape index (κ1) is 24.8. The molecule has 9 nitrogen and oxygen atoms in total. The van der Waals surface area contributed by atoms with Gasteiger partial charge in [0.15, 0.2) is 16.8 Å². The van der Waals surface area contributed by atoms with Gasteiger partial charge in [-0.05, 0) is 30.2 Å². The third kappa shape index (κ3) is 5.32. The Morgan fingerprint density at radius 3 is 2.51 bits per heavy atom. The van der Waals surface area contributed by atoms with Crippen LogP contribution in [0.2, 0.25) is 5.02 Å². The number of likely N-dealkylation sites (tertiary alicyclic amines) is 1. The van der Waals surface area contributed by atoms with E-state index in [1.807, 2.05) is 23.1 Å². The van der Waals surface area contributed by atoms with Gasteiger partial charge >= 0.3 is 0 Å². The Bertz CT molecular complexity index is 1410. The number of carbonyl (C=O) groups is 3. The van der Waals surface area contributed by atoms with Crippen molar-refractivity contribution in [3.05, 3.63) is 75.1 Å². The zero-order chi connectivity index (χ0) is 25.9. The highest BCUT2D eigenvalue weighted by molar-refractivity contribution is 6.34. The molecule has 1 aromatic heterocycles. The number of nitrogens with one attached hydrogen (secondary N) is 1. The smallest absolute Gasteiger partial charge is 0.287 e. The van der Waals surface area contributed by atoms with Crippen LogP contribution >= 0.6 is 11.6 Å². The number of hydrogen-bond donors (Lipinski definition) is 1. The molecule has 0 spiro atoms. The summed E-state index contributed by atoms with van der Waals surface area (Å²) < 4.78 is 5.54. The summed E-state index contributed by atoms with van der Waals surface area (Å²) in [5.41, 5.74) is 1.93. The van der Waals surface area contributed by atoms with Crippen LogP contribution in [0.15, 0.2) is 57.7 Å². The minimum Gasteiger partial charge on any atom is -0.449 e. The number of fused-ring (bicyclic) bond motifs is 1. The molecule has 2 aromatic carbocycles. The predicted molar refractivity (Wildman–Crippen MR) is 140 cm³/mol. The van der Waals surface area contributed by atoms with Crippen molar-refractivity contribution in [3.8, 4) is 0 Å². The molecule has 2 saturated heterocycles. The molecule has 3 heterocycles. The third-order valence-electron chi connectivity index (χ3n) is 6.83. The van der Waals surface area contributed by atoms with E-state index in [2.05, 4.69) is 16.3 Å². The highest BCUT2D eigenvalue weighted by Crippen LogP contribution is 2.25. The number of piperazine rings is 1. The molecule has 5 rings (SSSR count). The van der Waals surface area contributed by atoms with Crippen LogP contribution in [-0.2, 0) is 16.1 Å². The van der Waals surface area contributed by atoms with Gasteiger partial charge in [0, 0.05) is 57.4 Å². The Kier molecular flexibility index (Phi) is 7.14. The van der Waals surface area contributed by atoms with Gasteiger partial charge in [-0.1, -0.05) is 35.9 Å². The number of carbonyl (C=O) groups excluding carboxylic acids is 3. The summed E-state index contributed by atoms with van der Waals surface area (Å²) in [5, 5.41) is 3.06. The van der Waals surface area contributed by atoms with Gasteiger partial charge in [-0.2, -0.15) is 0 Å². The molecular formula is C27H27ClN4O5. The van der Waals surface area contributed by atoms with Crippen LogP contribution in [0.1, 0.15) is 29.0 Å². The number of amides is 3. The molecule has 10 heteroatoms. The van der Waals surface area contributed by atoms with Gasteiger partial charge in [-0.3, -0.25) is 19.2 Å². The van der Waals surface area contributed by atoms with Crippen LogP contribution in [0.4, 0.5) is 5.69 Å². The molecule has 0 aliphatic carbocycles. The van der Waals surface area contributed by atoms with Gasteiger partial charge in [0.25, 0.3) is 5.91 Å². The number of hydrogen-bond acceptors (Lipinski definition) is 6. The highest BCUT2D eigenvalue weighted by atomic mass is 35.5. The van der Waals surface area contributed by atoms with Crippen LogP contribution in [0.25, 0.3) is 11.0 Å². The standard InChI is InChI=1S/C27H27ClN4O5/c28-20-7-3-6-19-22(33)15-23(37-26(19)20)27(36)29-16-25(35)31-13-11-30(12-14-31)21-8-2-1-5-18(21)17-32-10-4-9-24(32)34/h1-3,5-8,15H,4,9-14,16-17H2,(H,29,36). The van der Waals surface area contributed by atoms with Crippen molar-refractivity contribution in [2.24, 2.45) is 0 Å². The van der Waals surface area contributed by atoms with Crippen LogP contribution in [0, 0.1) is 0 Å². The van der Waals surface area contributed by atoms with Crippen LogP contribution in [-0.4, -0.2) is 66.8 Å². The van der Waals surface area contributed by atoms with E-state index in [1.165, 1.54) is 0 Å². The maximum Gasteiger partial charge on any atom is 0.287 e. The zero-order valence-corrected chi connectivity index (χ0v) is 21.0. The van der Waals surface area contributed by atoms with E-state index in [0.717, 1.165) is 30.3 Å². The van der Waals surface area contributed by atoms with Crippen molar-refractivity contribution in [1.29, 1.82) is 0 Å². The predicted octanol–water partition coefficient (Wildman–Crippen LogP) is 2.65. The molecule has 0 unspecified atom stereocenters. The van der Waals surface area contributed by atoms with Gasteiger partial charge in [0.2, 0.25) is 11.8 Å². The molecule has 3 amide bonds. The SMILES string of the molecule is O=C(NCC(=O)N1CCN(c2ccccc2CN2CCCC2=O)CC1)c1cc(=O)c2cccc(Cl)c2o1. The second-order valence-electron chi connectivity index (χ2n) is 9.19. The fraction of sp³-hybridized carbons (Fsp3) is 0.333. The first-order valence-corrected chi connectivity index (χ1v) is 12.7. The number of para-hydroxylation sites is 2. The molecule has 2 aliphatic rings. The normalized spacial score (nSPS) is 15.9. The molecule has 3 aromatic rings. The quantitative estimate of drug-likeness (QED) is 0.534. The molecular weight excluding hydrogens is 496 g/mol. The van der Waals surface area contributed by atoms with Crippen LogP contribution < -0.4 is 15.6 Å². The number of halogens is 1. The summed E-state index contributed by atoms with van der Waals surface area (Å²) in [7, 11) is 0. The molecule has 37 heavy (non-hydrogen) atoms. The van der Waals surface area contributed by atoms with Crippen LogP contribution in [0.3, 0.4) is 0 Å². The van der Waals surface area contributed by atoms with Gasteiger partial charge in [-0.15, -0.1) is 0 Å². The molecule has 0 radical (unpaired) electrons. The highest BCUT2D eigenvalue weighted by Gasteiger charge is 2.25. The average molecular weight is 523 g/mol. The van der Waals surface area contributed by atoms with E-state index in [4.69, 9.17) is 16.0 Å². The Morgan fingerprint density at radius 1 is 0.973 bits per heavy atom. The Morgan fingerprint density at radius 2 is 1.76 bits per heavy atom. The van der Waals surface area contributed by atoms with E-state index < -0.39 is 5.91 Å². The minimum absolute atomic E-state index is 0.138. The largest absolute Gasteiger partial charge is 0.449 e. The lowest BCUT2D eigenvalue weighted by atomic mass is 10.1. The number of benzene rings is 2. The maximum absolute atomic E-state index is 12.8. The Labute approximate surface area is 218 Å². The van der Waals surface area contributed by atoms with Crippen molar-refractivity contribution in [2.75, 3.05) is 44.2 Å². The molecule has 1 N–H and O–H groups in total. The Hall–Kier alpha value is -3.85. The monoisotopic (exact) mass is 522 g/mol. The van der Waals surface area contributed by atoms with E-state index >= 15 is 0 Å². The van der Waals surface area contributed by atoms with Crippen molar-refractivity contribution in [3.63, 3.8) is 0 Å². The fourth-order valence-corrected chi connectivity index (χ4v) is 5.05. The summed E-state index contributed by atoms with van der Waals surface area (Å²) in [5.74, 6) is -0.879. The molecule has 0 atom stereocenters. The third-order valence-corrected chi connectivity index (χ3v) is 7.13. The van der Waals surface area contributed by atoms with Crippen LogP contribution in [0.5, 0.6) is 0 Å². The van der Waals surface area contributed by atoms with Gasteiger partial charge in [0.1, 0.15) is 0 Å².